The van der Waals surface area contributed by atoms with Gasteiger partial charge in [0.15, 0.2) is 0 Å². The highest BCUT2D eigenvalue weighted by atomic mass is 32.2. The first-order chi connectivity index (χ1) is 9.83. The van der Waals surface area contributed by atoms with E-state index >= 15 is 0 Å². The van der Waals surface area contributed by atoms with Gasteiger partial charge in [0, 0.05) is 18.1 Å². The van der Waals surface area contributed by atoms with Crippen LogP contribution in [0.1, 0.15) is 54.4 Å². The fraction of sp³-hybridized carbons (Fsp3) is 1.00. The van der Waals surface area contributed by atoms with Crippen molar-refractivity contribution in [1.82, 2.24) is 14.2 Å². The molecule has 0 saturated carbocycles. The Balaban J connectivity index is 4.28. The lowest BCUT2D eigenvalue weighted by molar-refractivity contribution is 0.483. The minimum absolute atomic E-state index is 0.0672. The molecule has 0 heterocycles. The predicted octanol–water partition coefficient (Wildman–Crippen LogP) is 0.951. The Morgan fingerprint density at radius 3 is 1.59 bits per heavy atom. The molecule has 3 N–H and O–H groups in total. The van der Waals surface area contributed by atoms with E-state index in [1.807, 2.05) is 13.8 Å². The second-order valence-electron chi connectivity index (χ2n) is 6.57. The quantitative estimate of drug-likeness (QED) is 0.512. The number of nitrogens with one attached hydrogen (secondary N) is 3. The fourth-order valence-corrected chi connectivity index (χ4v) is 5.06. The average Bonchev–Trinajstić information content (AvgIpc) is 2.20. The van der Waals surface area contributed by atoms with Crippen LogP contribution < -0.4 is 14.2 Å². The van der Waals surface area contributed by atoms with Crippen LogP contribution >= 0.6 is 0 Å². The third-order valence-electron chi connectivity index (χ3n) is 2.71. The Morgan fingerprint density at radius 2 is 1.18 bits per heavy atom. The van der Waals surface area contributed by atoms with Crippen molar-refractivity contribution in [3.63, 3.8) is 0 Å². The maximum absolute atomic E-state index is 11.8. The maximum atomic E-state index is 11.8. The summed E-state index contributed by atoms with van der Waals surface area (Å²) in [6.45, 7) is 10.7. The van der Waals surface area contributed by atoms with Crippen LogP contribution in [-0.4, -0.2) is 40.7 Å². The monoisotopic (exact) mass is 357 g/mol. The fourth-order valence-electron chi connectivity index (χ4n) is 2.02. The first-order valence-corrected chi connectivity index (χ1v) is 10.8. The normalized spacial score (nSPS) is 16.2. The van der Waals surface area contributed by atoms with Crippen LogP contribution in [0.4, 0.5) is 0 Å². The SMILES string of the molecule is CC(C)CS(=O)(=O)NC(C)CCC(C)NS(=O)(=O)NC(C)C. The summed E-state index contributed by atoms with van der Waals surface area (Å²) >= 11 is 0. The van der Waals surface area contributed by atoms with Crippen molar-refractivity contribution in [2.24, 2.45) is 5.92 Å². The first kappa shape index (κ1) is 21.8. The van der Waals surface area contributed by atoms with Crippen LogP contribution in [0.3, 0.4) is 0 Å². The number of sulfonamides is 1. The third-order valence-corrected chi connectivity index (χ3v) is 6.07. The Hall–Kier alpha value is -0.220. The molecule has 0 rings (SSSR count). The number of hydrogen-bond acceptors (Lipinski definition) is 4. The summed E-state index contributed by atoms with van der Waals surface area (Å²) in [6.07, 6.45) is 1.10. The summed E-state index contributed by atoms with van der Waals surface area (Å²) in [7, 11) is -6.80. The molecule has 0 spiro atoms. The summed E-state index contributed by atoms with van der Waals surface area (Å²) in [6, 6.07) is -0.673. The maximum Gasteiger partial charge on any atom is 0.277 e. The number of rotatable bonds is 11. The van der Waals surface area contributed by atoms with Crippen LogP contribution in [0.2, 0.25) is 0 Å². The molecule has 22 heavy (non-hydrogen) atoms. The zero-order chi connectivity index (χ0) is 17.6. The molecule has 0 saturated heterocycles. The van der Waals surface area contributed by atoms with Crippen LogP contribution in [0.15, 0.2) is 0 Å². The van der Waals surface area contributed by atoms with Gasteiger partial charge in [0.05, 0.1) is 5.75 Å². The Kier molecular flexibility index (Phi) is 9.08. The van der Waals surface area contributed by atoms with Crippen LogP contribution in [0, 0.1) is 5.92 Å². The van der Waals surface area contributed by atoms with Gasteiger partial charge in [0.1, 0.15) is 0 Å². The van der Waals surface area contributed by atoms with Gasteiger partial charge in [0.25, 0.3) is 10.2 Å². The molecule has 0 aromatic carbocycles. The van der Waals surface area contributed by atoms with Gasteiger partial charge >= 0.3 is 0 Å². The highest BCUT2D eigenvalue weighted by molar-refractivity contribution is 7.89. The molecule has 0 fully saturated rings. The Morgan fingerprint density at radius 1 is 0.727 bits per heavy atom. The minimum atomic E-state index is -3.52. The molecule has 0 radical (unpaired) electrons. The molecule has 0 aliphatic carbocycles. The third kappa shape index (κ3) is 11.4. The van der Waals surface area contributed by atoms with Crippen LogP contribution in [-0.2, 0) is 20.2 Å². The van der Waals surface area contributed by atoms with E-state index in [9.17, 15) is 16.8 Å². The van der Waals surface area contributed by atoms with E-state index in [4.69, 9.17) is 0 Å². The summed E-state index contributed by atoms with van der Waals surface area (Å²) in [5.74, 6) is 0.162. The molecule has 0 amide bonds. The molecule has 0 aliphatic heterocycles. The lowest BCUT2D eigenvalue weighted by atomic mass is 10.1. The van der Waals surface area contributed by atoms with E-state index in [-0.39, 0.29) is 29.8 Å². The van der Waals surface area contributed by atoms with Gasteiger partial charge in [-0.25, -0.2) is 13.1 Å². The van der Waals surface area contributed by atoms with Crippen molar-refractivity contribution < 1.29 is 16.8 Å². The zero-order valence-corrected chi connectivity index (χ0v) is 16.0. The van der Waals surface area contributed by atoms with Crippen LogP contribution in [0.5, 0.6) is 0 Å². The van der Waals surface area contributed by atoms with Gasteiger partial charge in [-0.1, -0.05) is 13.8 Å². The lowest BCUT2D eigenvalue weighted by Gasteiger charge is -2.19. The molecular formula is C13H31N3O4S2. The summed E-state index contributed by atoms with van der Waals surface area (Å²) in [5.41, 5.74) is 0. The van der Waals surface area contributed by atoms with E-state index in [0.717, 1.165) is 0 Å². The van der Waals surface area contributed by atoms with Gasteiger partial charge in [-0.2, -0.15) is 17.9 Å². The van der Waals surface area contributed by atoms with Gasteiger partial charge < -0.3 is 0 Å². The molecule has 0 aromatic heterocycles. The minimum Gasteiger partial charge on any atom is -0.212 e. The largest absolute Gasteiger partial charge is 0.277 e. The van der Waals surface area contributed by atoms with Crippen molar-refractivity contribution in [2.45, 2.75) is 72.5 Å². The van der Waals surface area contributed by atoms with Crippen molar-refractivity contribution in [3.05, 3.63) is 0 Å². The molecule has 0 aromatic rings. The Labute approximate surface area is 135 Å². The number of hydrogen-bond donors (Lipinski definition) is 3. The average molecular weight is 358 g/mol. The van der Waals surface area contributed by atoms with Crippen molar-refractivity contribution in [3.8, 4) is 0 Å². The molecule has 2 atom stereocenters. The van der Waals surface area contributed by atoms with E-state index in [1.165, 1.54) is 0 Å². The van der Waals surface area contributed by atoms with Gasteiger partial charge in [-0.3, -0.25) is 0 Å². The highest BCUT2D eigenvalue weighted by Gasteiger charge is 2.19. The van der Waals surface area contributed by atoms with Crippen LogP contribution in [0.25, 0.3) is 0 Å². The highest BCUT2D eigenvalue weighted by Crippen LogP contribution is 2.05. The second-order valence-corrected chi connectivity index (χ2v) is 9.84. The van der Waals surface area contributed by atoms with Gasteiger partial charge in [-0.05, 0) is 46.5 Å². The summed E-state index contributed by atoms with van der Waals surface area (Å²) < 4.78 is 54.6. The summed E-state index contributed by atoms with van der Waals surface area (Å²) in [5, 5.41) is 0. The zero-order valence-electron chi connectivity index (χ0n) is 14.4. The molecule has 7 nitrogen and oxygen atoms in total. The molecule has 0 bridgehead atoms. The standard InChI is InChI=1S/C13H31N3O4S2/c1-10(2)9-21(17,18)15-12(5)7-8-13(6)16-22(19,20)14-11(3)4/h10-16H,7-9H2,1-6H3. The first-order valence-electron chi connectivity index (χ1n) is 7.62. The molecular weight excluding hydrogens is 326 g/mol. The smallest absolute Gasteiger partial charge is 0.212 e. The topological polar surface area (TPSA) is 104 Å². The van der Waals surface area contributed by atoms with Crippen molar-refractivity contribution >= 4 is 20.2 Å². The van der Waals surface area contributed by atoms with E-state index in [1.54, 1.807) is 27.7 Å². The van der Waals surface area contributed by atoms with E-state index in [2.05, 4.69) is 14.2 Å². The molecule has 0 aliphatic rings. The lowest BCUT2D eigenvalue weighted by Crippen LogP contribution is -2.44. The Bertz CT molecular complexity index is 467. The second kappa shape index (κ2) is 9.17. The van der Waals surface area contributed by atoms with Crippen molar-refractivity contribution in [1.29, 1.82) is 0 Å². The molecule has 134 valence electrons. The summed E-state index contributed by atoms with van der Waals surface area (Å²) in [4.78, 5) is 0. The van der Waals surface area contributed by atoms with Gasteiger partial charge in [0.2, 0.25) is 10.0 Å². The van der Waals surface area contributed by atoms with Crippen molar-refractivity contribution in [2.75, 3.05) is 5.75 Å². The predicted molar refractivity (Wildman–Crippen MR) is 90.2 cm³/mol. The van der Waals surface area contributed by atoms with E-state index in [0.29, 0.717) is 12.8 Å². The van der Waals surface area contributed by atoms with Gasteiger partial charge in [-0.15, -0.1) is 0 Å². The molecule has 9 heteroatoms. The molecule has 2 unspecified atom stereocenters. The van der Waals surface area contributed by atoms with E-state index < -0.39 is 20.2 Å².